The topological polar surface area (TPSA) is 35.2 Å². The van der Waals surface area contributed by atoms with Crippen LogP contribution in [0.5, 0.6) is 5.75 Å². The molecular weight excluding hydrogens is 318 g/mol. The van der Waals surface area contributed by atoms with Gasteiger partial charge in [0.05, 0.1) is 12.3 Å². The van der Waals surface area contributed by atoms with Crippen LogP contribution in [0.2, 0.25) is 0 Å². The monoisotopic (exact) mass is 361 g/mol. The molecule has 0 saturated heterocycles. The van der Waals surface area contributed by atoms with Crippen LogP contribution in [0.3, 0.4) is 0 Å². The molecule has 0 heterocycles. The number of anilines is 1. The molecular formula is C24H43NO. The summed E-state index contributed by atoms with van der Waals surface area (Å²) in [5.74, 6) is 2.78. The molecule has 1 rings (SSSR count). The van der Waals surface area contributed by atoms with Crippen molar-refractivity contribution in [2.45, 2.75) is 81.1 Å². The molecule has 0 aliphatic heterocycles. The van der Waals surface area contributed by atoms with Gasteiger partial charge in [-0.3, -0.25) is 0 Å². The third kappa shape index (κ3) is 9.50. The maximum atomic E-state index is 6.14. The molecule has 0 amide bonds. The second-order valence-corrected chi connectivity index (χ2v) is 10.8. The summed E-state index contributed by atoms with van der Waals surface area (Å²) in [6.45, 7) is 19.6. The molecule has 0 aromatic heterocycles. The van der Waals surface area contributed by atoms with Gasteiger partial charge in [-0.05, 0) is 60.0 Å². The second kappa shape index (κ2) is 9.67. The molecule has 0 saturated carbocycles. The first-order valence-corrected chi connectivity index (χ1v) is 10.3. The molecule has 0 aliphatic rings. The summed E-state index contributed by atoms with van der Waals surface area (Å²) >= 11 is 0. The Hall–Kier alpha value is -1.18. The summed E-state index contributed by atoms with van der Waals surface area (Å²) in [7, 11) is 0. The summed E-state index contributed by atoms with van der Waals surface area (Å²) in [6, 6.07) is 7.83. The van der Waals surface area contributed by atoms with E-state index >= 15 is 0 Å². The summed E-state index contributed by atoms with van der Waals surface area (Å²) in [6.07, 6.45) is 4.99. The highest BCUT2D eigenvalue weighted by Crippen LogP contribution is 2.34. The predicted octanol–water partition coefficient (Wildman–Crippen LogP) is 7.19. The van der Waals surface area contributed by atoms with Crippen LogP contribution in [0.4, 0.5) is 5.69 Å². The van der Waals surface area contributed by atoms with Gasteiger partial charge in [0.15, 0.2) is 0 Å². The quantitative estimate of drug-likeness (QED) is 0.472. The van der Waals surface area contributed by atoms with E-state index < -0.39 is 0 Å². The standard InChI is InChI=1S/C24H43NO/c1-18(15-23(3,4)5)13-14-20(19(2)16-24(6,7)8)17-26-22-12-10-9-11-21(22)25/h9-12,18-20H,13-17,25H2,1-8H3/t18-,19-,20+/m1/s1. The predicted molar refractivity (Wildman–Crippen MR) is 116 cm³/mol. The van der Waals surface area contributed by atoms with E-state index in [1.165, 1.54) is 25.7 Å². The molecule has 2 nitrogen and oxygen atoms in total. The fraction of sp³-hybridized carbons (Fsp3) is 0.750. The normalized spacial score (nSPS) is 16.2. The number of hydrogen-bond acceptors (Lipinski definition) is 2. The molecule has 0 spiro atoms. The van der Waals surface area contributed by atoms with Crippen LogP contribution in [-0.4, -0.2) is 6.61 Å². The molecule has 26 heavy (non-hydrogen) atoms. The lowest BCUT2D eigenvalue weighted by molar-refractivity contribution is 0.148. The molecule has 1 aromatic carbocycles. The summed E-state index contributed by atoms with van der Waals surface area (Å²) in [5, 5.41) is 0. The molecule has 0 unspecified atom stereocenters. The zero-order valence-corrected chi connectivity index (χ0v) is 18.6. The van der Waals surface area contributed by atoms with Crippen LogP contribution in [0, 0.1) is 28.6 Å². The molecule has 1 aromatic rings. The number of hydrogen-bond donors (Lipinski definition) is 1. The van der Waals surface area contributed by atoms with Gasteiger partial charge in [0.2, 0.25) is 0 Å². The number of nitrogen functional groups attached to an aromatic ring is 1. The number of ether oxygens (including phenoxy) is 1. The van der Waals surface area contributed by atoms with Crippen LogP contribution in [-0.2, 0) is 0 Å². The molecule has 0 aliphatic carbocycles. The van der Waals surface area contributed by atoms with E-state index in [-0.39, 0.29) is 0 Å². The minimum atomic E-state index is 0.348. The minimum Gasteiger partial charge on any atom is -0.491 e. The minimum absolute atomic E-state index is 0.348. The Bertz CT molecular complexity index is 524. The van der Waals surface area contributed by atoms with Gasteiger partial charge < -0.3 is 10.5 Å². The molecule has 3 atom stereocenters. The van der Waals surface area contributed by atoms with Crippen LogP contribution < -0.4 is 10.5 Å². The van der Waals surface area contributed by atoms with Gasteiger partial charge in [-0.15, -0.1) is 0 Å². The molecule has 2 heteroatoms. The number of benzene rings is 1. The van der Waals surface area contributed by atoms with E-state index in [0.29, 0.717) is 22.7 Å². The van der Waals surface area contributed by atoms with E-state index in [2.05, 4.69) is 55.4 Å². The number of para-hydroxylation sites is 2. The highest BCUT2D eigenvalue weighted by atomic mass is 16.5. The fourth-order valence-corrected chi connectivity index (χ4v) is 4.12. The van der Waals surface area contributed by atoms with Gasteiger partial charge in [0, 0.05) is 0 Å². The lowest BCUT2D eigenvalue weighted by Crippen LogP contribution is -2.25. The summed E-state index contributed by atoms with van der Waals surface area (Å²) < 4.78 is 6.14. The van der Waals surface area contributed by atoms with Crippen molar-refractivity contribution in [3.05, 3.63) is 24.3 Å². The number of rotatable bonds is 9. The smallest absolute Gasteiger partial charge is 0.142 e. The van der Waals surface area contributed by atoms with Crippen molar-refractivity contribution in [1.82, 2.24) is 0 Å². The first-order valence-electron chi connectivity index (χ1n) is 10.3. The van der Waals surface area contributed by atoms with E-state index in [0.717, 1.165) is 24.0 Å². The van der Waals surface area contributed by atoms with Gasteiger partial charge in [0.25, 0.3) is 0 Å². The van der Waals surface area contributed by atoms with Crippen molar-refractivity contribution < 1.29 is 4.74 Å². The maximum absolute atomic E-state index is 6.14. The van der Waals surface area contributed by atoms with Gasteiger partial charge in [0.1, 0.15) is 5.75 Å². The highest BCUT2D eigenvalue weighted by molar-refractivity contribution is 5.51. The second-order valence-electron chi connectivity index (χ2n) is 10.8. The molecule has 0 radical (unpaired) electrons. The fourth-order valence-electron chi connectivity index (χ4n) is 4.12. The zero-order chi connectivity index (χ0) is 20.0. The van der Waals surface area contributed by atoms with Gasteiger partial charge >= 0.3 is 0 Å². The van der Waals surface area contributed by atoms with Crippen LogP contribution >= 0.6 is 0 Å². The Labute approximate surface area is 162 Å². The van der Waals surface area contributed by atoms with E-state index in [1.54, 1.807) is 0 Å². The first kappa shape index (κ1) is 22.9. The van der Waals surface area contributed by atoms with Gasteiger partial charge in [-0.2, -0.15) is 0 Å². The molecule has 150 valence electrons. The molecule has 2 N–H and O–H groups in total. The van der Waals surface area contributed by atoms with Crippen molar-refractivity contribution in [3.63, 3.8) is 0 Å². The molecule has 0 bridgehead atoms. The Balaban J connectivity index is 2.70. The summed E-state index contributed by atoms with van der Waals surface area (Å²) in [5.41, 5.74) is 7.53. The average Bonchev–Trinajstić information content (AvgIpc) is 2.45. The van der Waals surface area contributed by atoms with E-state index in [9.17, 15) is 0 Å². The molecule has 0 fully saturated rings. The third-order valence-electron chi connectivity index (χ3n) is 5.10. The lowest BCUT2D eigenvalue weighted by atomic mass is 9.76. The maximum Gasteiger partial charge on any atom is 0.142 e. The van der Waals surface area contributed by atoms with Gasteiger partial charge in [-0.1, -0.05) is 73.9 Å². The van der Waals surface area contributed by atoms with E-state index in [4.69, 9.17) is 10.5 Å². The Kier molecular flexibility index (Phi) is 8.50. The number of nitrogens with two attached hydrogens (primary N) is 1. The Morgan fingerprint density at radius 2 is 1.46 bits per heavy atom. The van der Waals surface area contributed by atoms with E-state index in [1.807, 2.05) is 24.3 Å². The van der Waals surface area contributed by atoms with Crippen molar-refractivity contribution in [1.29, 1.82) is 0 Å². The lowest BCUT2D eigenvalue weighted by Gasteiger charge is -2.31. The largest absolute Gasteiger partial charge is 0.491 e. The SMILES string of the molecule is C[C@H](CC[C@@H](COc1ccccc1N)[C@H](C)CC(C)(C)C)CC(C)(C)C. The first-order chi connectivity index (χ1) is 11.9. The van der Waals surface area contributed by atoms with Gasteiger partial charge in [-0.25, -0.2) is 0 Å². The van der Waals surface area contributed by atoms with Crippen LogP contribution in [0.1, 0.15) is 81.1 Å². The Morgan fingerprint density at radius 3 is 2.00 bits per heavy atom. The van der Waals surface area contributed by atoms with Crippen LogP contribution in [0.15, 0.2) is 24.3 Å². The van der Waals surface area contributed by atoms with Crippen molar-refractivity contribution in [3.8, 4) is 5.75 Å². The Morgan fingerprint density at radius 1 is 0.885 bits per heavy atom. The average molecular weight is 362 g/mol. The van der Waals surface area contributed by atoms with Crippen molar-refractivity contribution in [2.24, 2.45) is 28.6 Å². The van der Waals surface area contributed by atoms with Crippen LogP contribution in [0.25, 0.3) is 0 Å². The third-order valence-corrected chi connectivity index (χ3v) is 5.10. The van der Waals surface area contributed by atoms with Crippen molar-refractivity contribution >= 4 is 5.69 Å². The summed E-state index contributed by atoms with van der Waals surface area (Å²) in [4.78, 5) is 0. The zero-order valence-electron chi connectivity index (χ0n) is 18.6. The van der Waals surface area contributed by atoms with Crippen molar-refractivity contribution in [2.75, 3.05) is 12.3 Å². The highest BCUT2D eigenvalue weighted by Gasteiger charge is 2.25.